The van der Waals surface area contributed by atoms with Gasteiger partial charge in [-0.05, 0) is 18.2 Å². The fourth-order valence-electron chi connectivity index (χ4n) is 3.73. The maximum atomic E-state index is 12.6. The molecule has 2 aliphatic rings. The number of sulfonamides is 1. The average molecular weight is 423 g/mol. The van der Waals surface area contributed by atoms with Crippen LogP contribution in [0.3, 0.4) is 0 Å². The number of hydrogen-bond acceptors (Lipinski definition) is 7. The van der Waals surface area contributed by atoms with Crippen molar-refractivity contribution in [2.45, 2.75) is 36.5 Å². The Morgan fingerprint density at radius 1 is 1.21 bits per heavy atom. The molecule has 3 heterocycles. The molecule has 2 aromatic rings. The number of carbonyl (C=O) groups excluding carboxylic acids is 1. The summed E-state index contributed by atoms with van der Waals surface area (Å²) in [5.41, 5.74) is 1.18. The number of fused-ring (bicyclic) bond motifs is 1. The molecule has 1 aromatic heterocycles. The lowest BCUT2D eigenvalue weighted by molar-refractivity contribution is -0.187. The number of aromatic nitrogens is 3. The van der Waals surface area contributed by atoms with E-state index in [1.54, 1.807) is 10.7 Å². The van der Waals surface area contributed by atoms with Gasteiger partial charge in [-0.2, -0.15) is 0 Å². The quantitative estimate of drug-likeness (QED) is 0.687. The predicted molar refractivity (Wildman–Crippen MR) is 103 cm³/mol. The Balaban J connectivity index is 1.39. The first-order valence-corrected chi connectivity index (χ1v) is 11.1. The van der Waals surface area contributed by atoms with Crippen LogP contribution in [0.2, 0.25) is 0 Å². The number of benzene rings is 1. The number of carbonyl (C=O) groups is 1. The highest BCUT2D eigenvalue weighted by atomic mass is 32.2. The lowest BCUT2D eigenvalue weighted by atomic mass is 10.0. The Bertz CT molecular complexity index is 1000. The summed E-state index contributed by atoms with van der Waals surface area (Å²) in [6, 6.07) is 4.71. The van der Waals surface area contributed by atoms with Crippen LogP contribution in [0.25, 0.3) is 11.0 Å². The molecular formula is C18H25N5O5S. The highest BCUT2D eigenvalue weighted by Crippen LogP contribution is 2.31. The third-order valence-corrected chi connectivity index (χ3v) is 7.30. The minimum atomic E-state index is -3.53. The molecule has 0 atom stereocenters. The van der Waals surface area contributed by atoms with Gasteiger partial charge in [-0.25, -0.2) is 17.4 Å². The van der Waals surface area contributed by atoms with Gasteiger partial charge in [0, 0.05) is 46.4 Å². The summed E-state index contributed by atoms with van der Waals surface area (Å²) in [5.74, 6) is -0.447. The summed E-state index contributed by atoms with van der Waals surface area (Å²) >= 11 is 0. The molecule has 0 unspecified atom stereocenters. The molecule has 2 fully saturated rings. The number of ether oxygens (including phenoxy) is 2. The molecule has 4 rings (SSSR count). The summed E-state index contributed by atoms with van der Waals surface area (Å²) in [4.78, 5) is 14.6. The van der Waals surface area contributed by atoms with Crippen molar-refractivity contribution in [1.82, 2.24) is 24.2 Å². The summed E-state index contributed by atoms with van der Waals surface area (Å²) in [6.07, 6.45) is 1.67. The van der Waals surface area contributed by atoms with Crippen LogP contribution in [0.5, 0.6) is 0 Å². The Morgan fingerprint density at radius 2 is 1.90 bits per heavy atom. The number of hydrogen-bond donors (Lipinski definition) is 0. The number of piperidine rings is 1. The lowest BCUT2D eigenvalue weighted by Crippen LogP contribution is -2.47. The Hall–Kier alpha value is -2.08. The number of likely N-dealkylation sites (tertiary alicyclic amines) is 1. The van der Waals surface area contributed by atoms with Gasteiger partial charge in [-0.3, -0.25) is 4.79 Å². The van der Waals surface area contributed by atoms with Crippen LogP contribution in [0.15, 0.2) is 23.1 Å². The van der Waals surface area contributed by atoms with E-state index in [-0.39, 0.29) is 10.8 Å². The van der Waals surface area contributed by atoms with Gasteiger partial charge in [0.2, 0.25) is 15.9 Å². The molecule has 0 bridgehead atoms. The number of nitrogens with zero attached hydrogens (tertiary/aromatic N) is 5. The topological polar surface area (TPSA) is 107 Å². The molecule has 0 aliphatic carbocycles. The van der Waals surface area contributed by atoms with Gasteiger partial charge in [-0.1, -0.05) is 5.21 Å². The number of aryl methyl sites for hydroxylation is 1. The molecule has 1 spiro atoms. The minimum absolute atomic E-state index is 0.0494. The van der Waals surface area contributed by atoms with Crippen LogP contribution < -0.4 is 0 Å². The van der Waals surface area contributed by atoms with Crippen LogP contribution in [0, 0.1) is 0 Å². The zero-order valence-electron chi connectivity index (χ0n) is 16.6. The van der Waals surface area contributed by atoms with Gasteiger partial charge in [0.15, 0.2) is 5.79 Å². The molecule has 1 amide bonds. The fourth-order valence-corrected chi connectivity index (χ4v) is 4.65. The van der Waals surface area contributed by atoms with Gasteiger partial charge in [-0.15, -0.1) is 5.10 Å². The molecule has 29 heavy (non-hydrogen) atoms. The molecule has 158 valence electrons. The van der Waals surface area contributed by atoms with Gasteiger partial charge < -0.3 is 14.4 Å². The molecule has 2 aliphatic heterocycles. The van der Waals surface area contributed by atoms with Gasteiger partial charge in [0.1, 0.15) is 5.52 Å². The van der Waals surface area contributed by atoms with Crippen molar-refractivity contribution in [3.8, 4) is 0 Å². The highest BCUT2D eigenvalue weighted by Gasteiger charge is 2.40. The van der Waals surface area contributed by atoms with E-state index in [1.165, 1.54) is 26.2 Å². The number of amides is 1. The van der Waals surface area contributed by atoms with E-state index in [4.69, 9.17) is 9.47 Å². The van der Waals surface area contributed by atoms with E-state index in [0.717, 1.165) is 4.31 Å². The van der Waals surface area contributed by atoms with E-state index < -0.39 is 15.8 Å². The molecule has 11 heteroatoms. The van der Waals surface area contributed by atoms with Crippen molar-refractivity contribution in [3.05, 3.63) is 18.2 Å². The van der Waals surface area contributed by atoms with Crippen molar-refractivity contribution in [3.63, 3.8) is 0 Å². The van der Waals surface area contributed by atoms with Crippen molar-refractivity contribution >= 4 is 27.0 Å². The predicted octanol–water partition coefficient (Wildman–Crippen LogP) is 0.437. The smallest absolute Gasteiger partial charge is 0.242 e. The molecule has 1 aromatic carbocycles. The van der Waals surface area contributed by atoms with E-state index >= 15 is 0 Å². The van der Waals surface area contributed by atoms with E-state index in [0.29, 0.717) is 63.1 Å². The standard InChI is InChI=1S/C18H25N5O5S/c1-21(2)29(25,26)14-3-4-16-15(13-14)19-20-23(16)8-5-17(24)22-9-6-18(7-10-22)27-11-12-28-18/h3-4,13H,5-12H2,1-2H3. The van der Waals surface area contributed by atoms with E-state index in [2.05, 4.69) is 10.3 Å². The van der Waals surface area contributed by atoms with Gasteiger partial charge in [0.05, 0.1) is 30.2 Å². The summed E-state index contributed by atoms with van der Waals surface area (Å²) in [6.45, 7) is 2.84. The van der Waals surface area contributed by atoms with Crippen LogP contribution in [-0.4, -0.2) is 84.7 Å². The summed E-state index contributed by atoms with van der Waals surface area (Å²) < 4.78 is 38.7. The first-order valence-electron chi connectivity index (χ1n) is 9.62. The summed E-state index contributed by atoms with van der Waals surface area (Å²) in [5, 5.41) is 8.15. The first-order chi connectivity index (χ1) is 13.8. The molecule has 0 saturated carbocycles. The molecular weight excluding hydrogens is 398 g/mol. The van der Waals surface area contributed by atoms with Crippen molar-refractivity contribution < 1.29 is 22.7 Å². The molecule has 0 radical (unpaired) electrons. The van der Waals surface area contributed by atoms with E-state index in [1.807, 2.05) is 4.90 Å². The van der Waals surface area contributed by atoms with Crippen molar-refractivity contribution in [2.75, 3.05) is 40.4 Å². The van der Waals surface area contributed by atoms with Crippen LogP contribution >= 0.6 is 0 Å². The Morgan fingerprint density at radius 3 is 2.55 bits per heavy atom. The third-order valence-electron chi connectivity index (χ3n) is 5.49. The highest BCUT2D eigenvalue weighted by molar-refractivity contribution is 7.89. The van der Waals surface area contributed by atoms with Crippen LogP contribution in [0.4, 0.5) is 0 Å². The van der Waals surface area contributed by atoms with Gasteiger partial charge >= 0.3 is 0 Å². The second-order valence-electron chi connectivity index (χ2n) is 7.49. The zero-order chi connectivity index (χ0) is 20.6. The minimum Gasteiger partial charge on any atom is -0.347 e. The molecule has 0 N–H and O–H groups in total. The van der Waals surface area contributed by atoms with Crippen molar-refractivity contribution in [1.29, 1.82) is 0 Å². The second-order valence-corrected chi connectivity index (χ2v) is 9.64. The second kappa shape index (κ2) is 7.63. The molecule has 10 nitrogen and oxygen atoms in total. The molecule has 2 saturated heterocycles. The first kappa shape index (κ1) is 20.2. The largest absolute Gasteiger partial charge is 0.347 e. The van der Waals surface area contributed by atoms with E-state index in [9.17, 15) is 13.2 Å². The fraction of sp³-hybridized carbons (Fsp3) is 0.611. The van der Waals surface area contributed by atoms with Gasteiger partial charge in [0.25, 0.3) is 0 Å². The third kappa shape index (κ3) is 3.87. The van der Waals surface area contributed by atoms with Crippen LogP contribution in [0.1, 0.15) is 19.3 Å². The maximum absolute atomic E-state index is 12.6. The summed E-state index contributed by atoms with van der Waals surface area (Å²) in [7, 11) is -0.571. The van der Waals surface area contributed by atoms with Crippen LogP contribution in [-0.2, 0) is 30.8 Å². The average Bonchev–Trinajstić information content (AvgIpc) is 3.33. The Labute approximate surface area is 169 Å². The normalized spacial score (nSPS) is 19.5. The maximum Gasteiger partial charge on any atom is 0.242 e. The monoisotopic (exact) mass is 423 g/mol. The zero-order valence-corrected chi connectivity index (χ0v) is 17.4. The number of rotatable bonds is 5. The van der Waals surface area contributed by atoms with Crippen molar-refractivity contribution in [2.24, 2.45) is 0 Å². The Kier molecular flexibility index (Phi) is 5.32. The lowest BCUT2D eigenvalue weighted by Gasteiger charge is -2.37. The SMILES string of the molecule is CN(C)S(=O)(=O)c1ccc2c(c1)nnn2CCC(=O)N1CCC2(CC1)OCCO2.